The van der Waals surface area contributed by atoms with Crippen molar-refractivity contribution in [2.75, 3.05) is 6.26 Å². The SMILES string of the molecule is Cc1ccc([C@@H](C)NC2CCCC2S(C)(=O)=O)cc1. The molecule has 2 unspecified atom stereocenters. The Morgan fingerprint density at radius 1 is 1.21 bits per heavy atom. The first kappa shape index (κ1) is 14.5. The van der Waals surface area contributed by atoms with Crippen LogP contribution in [0.1, 0.15) is 43.4 Å². The van der Waals surface area contributed by atoms with Crippen LogP contribution in [0.4, 0.5) is 0 Å². The molecule has 0 saturated heterocycles. The summed E-state index contributed by atoms with van der Waals surface area (Å²) in [5, 5.41) is 3.27. The lowest BCUT2D eigenvalue weighted by Crippen LogP contribution is -2.41. The van der Waals surface area contributed by atoms with E-state index in [2.05, 4.69) is 43.4 Å². The van der Waals surface area contributed by atoms with Gasteiger partial charge < -0.3 is 5.32 Å². The summed E-state index contributed by atoms with van der Waals surface area (Å²) in [5.74, 6) is 0. The van der Waals surface area contributed by atoms with Crippen molar-refractivity contribution in [1.82, 2.24) is 5.32 Å². The zero-order valence-electron chi connectivity index (χ0n) is 11.9. The summed E-state index contributed by atoms with van der Waals surface area (Å²) < 4.78 is 23.5. The summed E-state index contributed by atoms with van der Waals surface area (Å²) >= 11 is 0. The molecule has 0 heterocycles. The van der Waals surface area contributed by atoms with E-state index in [0.717, 1.165) is 19.3 Å². The van der Waals surface area contributed by atoms with E-state index < -0.39 is 9.84 Å². The molecule has 2 rings (SSSR count). The van der Waals surface area contributed by atoms with Gasteiger partial charge in [-0.1, -0.05) is 36.2 Å². The van der Waals surface area contributed by atoms with Gasteiger partial charge in [0.05, 0.1) is 5.25 Å². The molecule has 0 aliphatic heterocycles. The first-order valence-electron chi connectivity index (χ1n) is 6.89. The third kappa shape index (κ3) is 3.57. The zero-order valence-corrected chi connectivity index (χ0v) is 12.7. The first-order chi connectivity index (χ1) is 8.88. The van der Waals surface area contributed by atoms with Crippen molar-refractivity contribution in [3.63, 3.8) is 0 Å². The molecule has 1 aliphatic rings. The summed E-state index contributed by atoms with van der Waals surface area (Å²) in [5.41, 5.74) is 2.45. The van der Waals surface area contributed by atoms with Crippen molar-refractivity contribution < 1.29 is 8.42 Å². The van der Waals surface area contributed by atoms with Gasteiger partial charge in [-0.15, -0.1) is 0 Å². The maximum Gasteiger partial charge on any atom is 0.151 e. The molecule has 1 aromatic carbocycles. The van der Waals surface area contributed by atoms with Gasteiger partial charge in [0.15, 0.2) is 9.84 Å². The Hall–Kier alpha value is -0.870. The van der Waals surface area contributed by atoms with E-state index in [4.69, 9.17) is 0 Å². The van der Waals surface area contributed by atoms with Crippen LogP contribution in [0.25, 0.3) is 0 Å². The maximum absolute atomic E-state index is 11.8. The molecule has 19 heavy (non-hydrogen) atoms. The lowest BCUT2D eigenvalue weighted by molar-refractivity contribution is 0.456. The second-order valence-electron chi connectivity index (χ2n) is 5.70. The van der Waals surface area contributed by atoms with Crippen LogP contribution in [0, 0.1) is 6.92 Å². The van der Waals surface area contributed by atoms with Crippen LogP contribution >= 0.6 is 0 Å². The third-order valence-electron chi connectivity index (χ3n) is 4.04. The van der Waals surface area contributed by atoms with E-state index in [1.54, 1.807) is 0 Å². The monoisotopic (exact) mass is 281 g/mol. The Bertz CT molecular complexity index is 522. The minimum absolute atomic E-state index is 0.0892. The standard InChI is InChI=1S/C15H23NO2S/c1-11-7-9-13(10-8-11)12(2)16-14-5-4-6-15(14)19(3,17)18/h7-10,12,14-16H,4-6H2,1-3H3/t12-,14?,15?/m1/s1. The average Bonchev–Trinajstić information content (AvgIpc) is 2.77. The lowest BCUT2D eigenvalue weighted by Gasteiger charge is -2.24. The normalized spacial score (nSPS) is 25.4. The highest BCUT2D eigenvalue weighted by Gasteiger charge is 2.35. The van der Waals surface area contributed by atoms with Gasteiger partial charge in [-0.2, -0.15) is 0 Å². The molecule has 3 nitrogen and oxygen atoms in total. The van der Waals surface area contributed by atoms with Crippen LogP contribution in [-0.2, 0) is 9.84 Å². The van der Waals surface area contributed by atoms with Gasteiger partial charge in [0.25, 0.3) is 0 Å². The summed E-state index contributed by atoms with van der Waals surface area (Å²) in [7, 11) is -2.95. The van der Waals surface area contributed by atoms with Crippen molar-refractivity contribution >= 4 is 9.84 Å². The number of rotatable bonds is 4. The lowest BCUT2D eigenvalue weighted by atomic mass is 10.1. The molecule has 0 radical (unpaired) electrons. The van der Waals surface area contributed by atoms with Gasteiger partial charge >= 0.3 is 0 Å². The van der Waals surface area contributed by atoms with Crippen molar-refractivity contribution in [2.24, 2.45) is 0 Å². The fraction of sp³-hybridized carbons (Fsp3) is 0.600. The van der Waals surface area contributed by atoms with Crippen LogP contribution in [0.2, 0.25) is 0 Å². The minimum Gasteiger partial charge on any atom is -0.306 e. The van der Waals surface area contributed by atoms with Crippen molar-refractivity contribution in [3.8, 4) is 0 Å². The molecule has 1 aromatic rings. The quantitative estimate of drug-likeness (QED) is 0.923. The highest BCUT2D eigenvalue weighted by Crippen LogP contribution is 2.27. The summed E-state index contributed by atoms with van der Waals surface area (Å²) in [6.45, 7) is 4.17. The number of hydrogen-bond acceptors (Lipinski definition) is 3. The zero-order chi connectivity index (χ0) is 14.0. The van der Waals surface area contributed by atoms with E-state index in [0.29, 0.717) is 0 Å². The Balaban J connectivity index is 2.06. The molecule has 1 fully saturated rings. The molecule has 0 aromatic heterocycles. The van der Waals surface area contributed by atoms with E-state index in [-0.39, 0.29) is 17.3 Å². The van der Waals surface area contributed by atoms with Crippen molar-refractivity contribution in [3.05, 3.63) is 35.4 Å². The number of nitrogens with one attached hydrogen (secondary N) is 1. The molecule has 1 saturated carbocycles. The van der Waals surface area contributed by atoms with E-state index in [1.165, 1.54) is 17.4 Å². The molecule has 0 amide bonds. The average molecular weight is 281 g/mol. The largest absolute Gasteiger partial charge is 0.306 e. The predicted octanol–water partition coefficient (Wildman–Crippen LogP) is 2.61. The Labute approximate surface area is 116 Å². The number of aryl methyl sites for hydroxylation is 1. The Kier molecular flexibility index (Phi) is 4.31. The van der Waals surface area contributed by atoms with Gasteiger partial charge in [0, 0.05) is 18.3 Å². The molecular weight excluding hydrogens is 258 g/mol. The number of benzene rings is 1. The molecule has 106 valence electrons. The van der Waals surface area contributed by atoms with Crippen LogP contribution in [0.15, 0.2) is 24.3 Å². The fourth-order valence-corrected chi connectivity index (χ4v) is 4.31. The summed E-state index contributed by atoms with van der Waals surface area (Å²) in [4.78, 5) is 0. The van der Waals surface area contributed by atoms with Crippen LogP contribution in [-0.4, -0.2) is 26.0 Å². The van der Waals surface area contributed by atoms with Crippen molar-refractivity contribution in [1.29, 1.82) is 0 Å². The second-order valence-corrected chi connectivity index (χ2v) is 7.97. The molecule has 0 bridgehead atoms. The first-order valence-corrected chi connectivity index (χ1v) is 8.85. The van der Waals surface area contributed by atoms with E-state index in [1.807, 2.05) is 0 Å². The van der Waals surface area contributed by atoms with Gasteiger partial charge in [-0.25, -0.2) is 8.42 Å². The van der Waals surface area contributed by atoms with E-state index >= 15 is 0 Å². The molecule has 1 aliphatic carbocycles. The third-order valence-corrected chi connectivity index (χ3v) is 5.71. The van der Waals surface area contributed by atoms with Crippen LogP contribution in [0.5, 0.6) is 0 Å². The highest BCUT2D eigenvalue weighted by molar-refractivity contribution is 7.91. The molecule has 1 N–H and O–H groups in total. The second kappa shape index (κ2) is 5.63. The fourth-order valence-electron chi connectivity index (χ4n) is 2.90. The molecule has 0 spiro atoms. The van der Waals surface area contributed by atoms with Crippen molar-refractivity contribution in [2.45, 2.75) is 50.4 Å². The topological polar surface area (TPSA) is 46.2 Å². The maximum atomic E-state index is 11.8. The molecular formula is C15H23NO2S. The molecule has 4 heteroatoms. The van der Waals surface area contributed by atoms with Gasteiger partial charge in [-0.3, -0.25) is 0 Å². The predicted molar refractivity (Wildman–Crippen MR) is 79.0 cm³/mol. The number of sulfone groups is 1. The Morgan fingerprint density at radius 2 is 1.84 bits per heavy atom. The number of hydrogen-bond donors (Lipinski definition) is 1. The molecule has 3 atom stereocenters. The summed E-state index contributed by atoms with van der Waals surface area (Å²) in [6.07, 6.45) is 4.09. The smallest absolute Gasteiger partial charge is 0.151 e. The van der Waals surface area contributed by atoms with E-state index in [9.17, 15) is 8.42 Å². The Morgan fingerprint density at radius 3 is 2.42 bits per heavy atom. The van der Waals surface area contributed by atoms with Crippen LogP contribution < -0.4 is 5.32 Å². The highest BCUT2D eigenvalue weighted by atomic mass is 32.2. The van der Waals surface area contributed by atoms with Gasteiger partial charge in [0.1, 0.15) is 0 Å². The minimum atomic E-state index is -2.95. The van der Waals surface area contributed by atoms with Crippen LogP contribution in [0.3, 0.4) is 0 Å². The van der Waals surface area contributed by atoms with Gasteiger partial charge in [0.2, 0.25) is 0 Å². The van der Waals surface area contributed by atoms with Gasteiger partial charge in [-0.05, 0) is 32.3 Å². The summed E-state index contributed by atoms with van der Waals surface area (Å²) in [6, 6.07) is 8.68.